The van der Waals surface area contributed by atoms with Gasteiger partial charge < -0.3 is 18.9 Å². The third-order valence-corrected chi connectivity index (χ3v) is 6.43. The molecule has 2 aromatic rings. The molecule has 0 saturated heterocycles. The van der Waals surface area contributed by atoms with E-state index in [2.05, 4.69) is 6.92 Å². The minimum atomic E-state index is -1.50. The monoisotopic (exact) mass is 456 g/mol. The van der Waals surface area contributed by atoms with Crippen molar-refractivity contribution in [3.63, 3.8) is 0 Å². The fraction of sp³-hybridized carbons (Fsp3) is 0.360. The van der Waals surface area contributed by atoms with Gasteiger partial charge in [-0.15, -0.1) is 0 Å². The summed E-state index contributed by atoms with van der Waals surface area (Å²) in [5.41, 5.74) is 0.836. The Morgan fingerprint density at radius 2 is 1.84 bits per heavy atom. The number of benzene rings is 2. The number of rotatable bonds is 6. The lowest BCUT2D eigenvalue weighted by Gasteiger charge is -2.37. The maximum atomic E-state index is 13.8. The van der Waals surface area contributed by atoms with Crippen molar-refractivity contribution in [2.75, 3.05) is 14.2 Å². The van der Waals surface area contributed by atoms with Crippen molar-refractivity contribution in [2.45, 2.75) is 38.9 Å². The van der Waals surface area contributed by atoms with E-state index in [-0.39, 0.29) is 46.7 Å². The van der Waals surface area contributed by atoms with Crippen molar-refractivity contribution >= 4 is 23.2 Å². The number of carbonyl (C=O) groups excluding carboxylic acids is 2. The van der Waals surface area contributed by atoms with Gasteiger partial charge in [0.05, 0.1) is 14.2 Å². The lowest BCUT2D eigenvalue weighted by Crippen LogP contribution is -2.51. The summed E-state index contributed by atoms with van der Waals surface area (Å²) in [6, 6.07) is 9.54. The first-order valence-electron chi connectivity index (χ1n) is 10.5. The molecule has 32 heavy (non-hydrogen) atoms. The summed E-state index contributed by atoms with van der Waals surface area (Å²) < 4.78 is 23.1. The van der Waals surface area contributed by atoms with Crippen molar-refractivity contribution in [2.24, 2.45) is 5.92 Å². The minimum absolute atomic E-state index is 0.122. The van der Waals surface area contributed by atoms with E-state index in [4.69, 9.17) is 30.5 Å². The van der Waals surface area contributed by atoms with Crippen LogP contribution in [0.3, 0.4) is 0 Å². The predicted molar refractivity (Wildman–Crippen MR) is 120 cm³/mol. The highest BCUT2D eigenvalue weighted by Crippen LogP contribution is 2.54. The van der Waals surface area contributed by atoms with Crippen LogP contribution in [0.25, 0.3) is 0 Å². The second kappa shape index (κ2) is 8.51. The van der Waals surface area contributed by atoms with Crippen molar-refractivity contribution < 1.29 is 28.5 Å². The largest absolute Gasteiger partial charge is 0.496 e. The Morgan fingerprint density at radius 1 is 1.12 bits per heavy atom. The zero-order chi connectivity index (χ0) is 23.0. The zero-order valence-corrected chi connectivity index (χ0v) is 19.2. The molecule has 0 fully saturated rings. The zero-order valence-electron chi connectivity index (χ0n) is 18.5. The summed E-state index contributed by atoms with van der Waals surface area (Å²) in [5.74, 6) is 0.0456. The maximum Gasteiger partial charge on any atom is 0.231 e. The van der Waals surface area contributed by atoms with Crippen LogP contribution in [0.4, 0.5) is 0 Å². The molecule has 0 saturated carbocycles. The molecule has 1 spiro atoms. The van der Waals surface area contributed by atoms with E-state index in [0.717, 1.165) is 12.0 Å². The van der Waals surface area contributed by atoms with E-state index in [1.807, 2.05) is 24.3 Å². The van der Waals surface area contributed by atoms with Crippen molar-refractivity contribution in [3.05, 3.63) is 63.9 Å². The van der Waals surface area contributed by atoms with Gasteiger partial charge >= 0.3 is 0 Å². The Morgan fingerprint density at radius 3 is 2.53 bits per heavy atom. The number of ether oxygens (including phenoxy) is 4. The molecule has 2 atom stereocenters. The van der Waals surface area contributed by atoms with Crippen molar-refractivity contribution in [1.82, 2.24) is 0 Å². The van der Waals surface area contributed by atoms with Gasteiger partial charge in [0.1, 0.15) is 28.7 Å². The Labute approximate surface area is 192 Å². The summed E-state index contributed by atoms with van der Waals surface area (Å²) in [6.45, 7) is 4.07. The number of methoxy groups -OCH3 is 2. The van der Waals surface area contributed by atoms with Gasteiger partial charge in [-0.05, 0) is 17.5 Å². The number of aryl methyl sites for hydroxylation is 1. The first-order chi connectivity index (χ1) is 15.3. The molecule has 2 unspecified atom stereocenters. The Kier molecular flexibility index (Phi) is 5.91. The molecule has 1 heterocycles. The summed E-state index contributed by atoms with van der Waals surface area (Å²) in [4.78, 5) is 26.2. The fourth-order valence-electron chi connectivity index (χ4n) is 4.34. The average Bonchev–Trinajstić information content (AvgIpc) is 3.10. The molecule has 0 aromatic heterocycles. The summed E-state index contributed by atoms with van der Waals surface area (Å²) >= 11 is 6.50. The molecule has 4 rings (SSSR count). The molecular formula is C25H25ClO6. The number of allylic oxidation sites excluding steroid dienone is 1. The standard InChI is InChI=1S/C25H25ClO6/c1-5-15-7-6-8-16(10-15)13-31-20-11-17(27)9-14(2)25(20)24(28)21-18(29-3)12-19(30-4)22(26)23(21)32-25/h6-8,10-12,14H,5,9,13H2,1-4H3. The van der Waals surface area contributed by atoms with Crippen LogP contribution in [0.5, 0.6) is 17.2 Å². The molecule has 0 amide bonds. The number of hydrogen-bond acceptors (Lipinski definition) is 6. The van der Waals surface area contributed by atoms with Crippen LogP contribution in [0.1, 0.15) is 41.8 Å². The maximum absolute atomic E-state index is 13.8. The van der Waals surface area contributed by atoms with Crippen molar-refractivity contribution in [3.8, 4) is 17.2 Å². The van der Waals surface area contributed by atoms with Crippen LogP contribution in [-0.4, -0.2) is 31.4 Å². The van der Waals surface area contributed by atoms with Crippen LogP contribution >= 0.6 is 11.6 Å². The van der Waals surface area contributed by atoms with Crippen LogP contribution in [0, 0.1) is 5.92 Å². The lowest BCUT2D eigenvalue weighted by atomic mass is 9.75. The number of ketones is 2. The quantitative estimate of drug-likeness (QED) is 0.613. The van der Waals surface area contributed by atoms with Crippen molar-refractivity contribution in [1.29, 1.82) is 0 Å². The van der Waals surface area contributed by atoms with E-state index in [9.17, 15) is 9.59 Å². The highest BCUT2D eigenvalue weighted by molar-refractivity contribution is 6.35. The van der Waals surface area contributed by atoms with Gasteiger partial charge in [-0.2, -0.15) is 0 Å². The molecule has 7 heteroatoms. The van der Waals surface area contributed by atoms with Crippen LogP contribution in [0.15, 0.2) is 42.2 Å². The van der Waals surface area contributed by atoms with Gasteiger partial charge in [-0.25, -0.2) is 0 Å². The van der Waals surface area contributed by atoms with Crippen LogP contribution in [0.2, 0.25) is 5.02 Å². The summed E-state index contributed by atoms with van der Waals surface area (Å²) in [6.07, 6.45) is 2.41. The number of fused-ring (bicyclic) bond motifs is 1. The second-order valence-electron chi connectivity index (χ2n) is 8.01. The van der Waals surface area contributed by atoms with Gasteiger partial charge in [-0.1, -0.05) is 49.7 Å². The van der Waals surface area contributed by atoms with Gasteiger partial charge in [0.2, 0.25) is 11.4 Å². The number of hydrogen-bond donors (Lipinski definition) is 0. The Bertz CT molecular complexity index is 1120. The third-order valence-electron chi connectivity index (χ3n) is 6.07. The van der Waals surface area contributed by atoms with E-state index in [1.54, 1.807) is 13.0 Å². The average molecular weight is 457 g/mol. The van der Waals surface area contributed by atoms with Gasteiger partial charge in [0, 0.05) is 24.5 Å². The van der Waals surface area contributed by atoms with E-state index in [1.165, 1.54) is 25.9 Å². The number of Topliss-reactive ketones (excluding diaryl/α,β-unsaturated/α-hetero) is 1. The van der Waals surface area contributed by atoms with Gasteiger partial charge in [-0.3, -0.25) is 9.59 Å². The predicted octanol–water partition coefficient (Wildman–Crippen LogP) is 4.94. The number of halogens is 1. The Balaban J connectivity index is 1.76. The Hall–Kier alpha value is -2.99. The topological polar surface area (TPSA) is 71.1 Å². The molecule has 0 N–H and O–H groups in total. The van der Waals surface area contributed by atoms with Crippen LogP contribution < -0.4 is 14.2 Å². The van der Waals surface area contributed by atoms with Gasteiger partial charge in [0.15, 0.2) is 17.3 Å². The molecular weight excluding hydrogens is 432 g/mol. The van der Waals surface area contributed by atoms with E-state index >= 15 is 0 Å². The molecule has 2 aliphatic rings. The molecule has 1 aliphatic carbocycles. The molecule has 1 aliphatic heterocycles. The first-order valence-corrected chi connectivity index (χ1v) is 10.9. The van der Waals surface area contributed by atoms with E-state index < -0.39 is 11.5 Å². The molecule has 0 bridgehead atoms. The third kappa shape index (κ3) is 3.43. The summed E-state index contributed by atoms with van der Waals surface area (Å²) in [5, 5.41) is 0.174. The normalized spacial score (nSPS) is 21.8. The highest BCUT2D eigenvalue weighted by Gasteiger charge is 2.60. The lowest BCUT2D eigenvalue weighted by molar-refractivity contribution is -0.118. The number of carbonyl (C=O) groups is 2. The van der Waals surface area contributed by atoms with Gasteiger partial charge in [0.25, 0.3) is 0 Å². The molecule has 2 aromatic carbocycles. The van der Waals surface area contributed by atoms with Crippen LogP contribution in [-0.2, 0) is 22.6 Å². The minimum Gasteiger partial charge on any atom is -0.496 e. The highest BCUT2D eigenvalue weighted by atomic mass is 35.5. The smallest absolute Gasteiger partial charge is 0.231 e. The first kappa shape index (κ1) is 22.2. The molecule has 0 radical (unpaired) electrons. The SMILES string of the molecule is CCc1cccc(COC2=CC(=O)CC(C)C23Oc2c(Cl)c(OC)cc(OC)c2C3=O)c1. The fourth-order valence-corrected chi connectivity index (χ4v) is 4.60. The molecule has 168 valence electrons. The second-order valence-corrected chi connectivity index (χ2v) is 8.39. The van der Waals surface area contributed by atoms with E-state index in [0.29, 0.717) is 11.5 Å². The molecule has 6 nitrogen and oxygen atoms in total. The summed E-state index contributed by atoms with van der Waals surface area (Å²) in [7, 11) is 2.93.